The summed E-state index contributed by atoms with van der Waals surface area (Å²) < 4.78 is 5.14. The number of pyridine rings is 2. The van der Waals surface area contributed by atoms with Gasteiger partial charge in [-0.3, -0.25) is 9.78 Å². The maximum Gasteiger partial charge on any atom is 0.316 e. The van der Waals surface area contributed by atoms with E-state index in [9.17, 15) is 4.79 Å². The molecule has 0 bridgehead atoms. The van der Waals surface area contributed by atoms with Gasteiger partial charge < -0.3 is 14.3 Å². The maximum atomic E-state index is 12.6. The maximum absolute atomic E-state index is 12.6. The number of rotatable bonds is 3. The molecule has 1 amide bonds. The molecule has 25 heavy (non-hydrogen) atoms. The summed E-state index contributed by atoms with van der Waals surface area (Å²) in [6, 6.07) is 9.41. The van der Waals surface area contributed by atoms with E-state index in [2.05, 4.69) is 25.0 Å². The topological polar surface area (TPSA) is 88.2 Å². The third-order valence-electron chi connectivity index (χ3n) is 4.07. The monoisotopic (exact) mass is 336 g/mol. The van der Waals surface area contributed by atoms with Gasteiger partial charge in [-0.05, 0) is 24.3 Å². The fraction of sp³-hybridized carbons (Fsp3) is 0.235. The third kappa shape index (κ3) is 3.18. The molecule has 8 nitrogen and oxygen atoms in total. The van der Waals surface area contributed by atoms with Gasteiger partial charge in [0, 0.05) is 50.3 Å². The molecule has 1 fully saturated rings. The van der Waals surface area contributed by atoms with Crippen molar-refractivity contribution in [2.45, 2.75) is 0 Å². The van der Waals surface area contributed by atoms with E-state index in [1.807, 2.05) is 24.3 Å². The fourth-order valence-electron chi connectivity index (χ4n) is 2.74. The second-order valence-electron chi connectivity index (χ2n) is 5.63. The van der Waals surface area contributed by atoms with Crippen molar-refractivity contribution in [1.29, 1.82) is 0 Å². The molecule has 8 heteroatoms. The summed E-state index contributed by atoms with van der Waals surface area (Å²) in [6.45, 7) is 2.60. The predicted octanol–water partition coefficient (Wildman–Crippen LogP) is 1.49. The third-order valence-corrected chi connectivity index (χ3v) is 4.07. The number of piperazine rings is 1. The van der Waals surface area contributed by atoms with E-state index in [1.165, 1.54) is 0 Å². The van der Waals surface area contributed by atoms with Crippen LogP contribution in [0.2, 0.25) is 0 Å². The summed E-state index contributed by atoms with van der Waals surface area (Å²) in [4.78, 5) is 29.0. The van der Waals surface area contributed by atoms with Crippen molar-refractivity contribution in [3.63, 3.8) is 0 Å². The van der Waals surface area contributed by atoms with Crippen molar-refractivity contribution >= 4 is 11.7 Å². The largest absolute Gasteiger partial charge is 0.353 e. The van der Waals surface area contributed by atoms with Gasteiger partial charge >= 0.3 is 11.8 Å². The molecular formula is C17H16N6O2. The normalized spacial score (nSPS) is 14.6. The zero-order chi connectivity index (χ0) is 17.1. The van der Waals surface area contributed by atoms with Gasteiger partial charge in [-0.1, -0.05) is 11.2 Å². The number of hydrogen-bond acceptors (Lipinski definition) is 7. The number of amides is 1. The molecule has 1 saturated heterocycles. The molecule has 3 aromatic heterocycles. The minimum absolute atomic E-state index is 0.00476. The molecule has 0 aromatic carbocycles. The second kappa shape index (κ2) is 6.68. The van der Waals surface area contributed by atoms with Crippen molar-refractivity contribution in [2.24, 2.45) is 0 Å². The number of carbonyl (C=O) groups is 1. The molecule has 126 valence electrons. The highest BCUT2D eigenvalue weighted by molar-refractivity contribution is 5.90. The minimum Gasteiger partial charge on any atom is -0.353 e. The molecule has 0 aliphatic carbocycles. The van der Waals surface area contributed by atoms with E-state index in [0.717, 1.165) is 5.82 Å². The Labute approximate surface area is 144 Å². The van der Waals surface area contributed by atoms with E-state index >= 15 is 0 Å². The number of carbonyl (C=O) groups excluding carboxylic acids is 1. The number of anilines is 1. The van der Waals surface area contributed by atoms with Gasteiger partial charge in [0.1, 0.15) is 5.82 Å². The Balaban J connectivity index is 1.42. The van der Waals surface area contributed by atoms with Crippen LogP contribution in [0.15, 0.2) is 53.4 Å². The molecule has 0 spiro atoms. The Morgan fingerprint density at radius 1 is 1.04 bits per heavy atom. The van der Waals surface area contributed by atoms with Crippen LogP contribution in [-0.4, -0.2) is 57.1 Å². The van der Waals surface area contributed by atoms with E-state index in [0.29, 0.717) is 37.6 Å². The highest BCUT2D eigenvalue weighted by atomic mass is 16.5. The highest BCUT2D eigenvalue weighted by Crippen LogP contribution is 2.17. The van der Waals surface area contributed by atoms with Crippen molar-refractivity contribution in [3.8, 4) is 11.4 Å². The van der Waals surface area contributed by atoms with E-state index in [-0.39, 0.29) is 11.8 Å². The lowest BCUT2D eigenvalue weighted by Crippen LogP contribution is -2.49. The van der Waals surface area contributed by atoms with Crippen LogP contribution in [0.4, 0.5) is 5.82 Å². The first-order valence-corrected chi connectivity index (χ1v) is 8.00. The smallest absolute Gasteiger partial charge is 0.316 e. The lowest BCUT2D eigenvalue weighted by Gasteiger charge is -2.34. The molecule has 3 aromatic rings. The number of nitrogens with zero attached hydrogens (tertiary/aromatic N) is 6. The van der Waals surface area contributed by atoms with E-state index in [1.54, 1.807) is 29.6 Å². The summed E-state index contributed by atoms with van der Waals surface area (Å²) in [6.07, 6.45) is 5.06. The molecule has 0 atom stereocenters. The lowest BCUT2D eigenvalue weighted by molar-refractivity contribution is 0.0696. The van der Waals surface area contributed by atoms with E-state index in [4.69, 9.17) is 4.52 Å². The van der Waals surface area contributed by atoms with Crippen LogP contribution in [0.25, 0.3) is 11.4 Å². The zero-order valence-corrected chi connectivity index (χ0v) is 13.4. The average Bonchev–Trinajstić information content (AvgIpc) is 3.19. The molecule has 0 unspecified atom stereocenters. The van der Waals surface area contributed by atoms with Crippen LogP contribution in [0.3, 0.4) is 0 Å². The Morgan fingerprint density at radius 2 is 1.92 bits per heavy atom. The molecule has 0 radical (unpaired) electrons. The van der Waals surface area contributed by atoms with Gasteiger partial charge in [0.15, 0.2) is 0 Å². The summed E-state index contributed by atoms with van der Waals surface area (Å²) in [7, 11) is 0. The van der Waals surface area contributed by atoms with Crippen LogP contribution in [0, 0.1) is 0 Å². The summed E-state index contributed by atoms with van der Waals surface area (Å²) >= 11 is 0. The van der Waals surface area contributed by atoms with E-state index < -0.39 is 0 Å². The van der Waals surface area contributed by atoms with Crippen LogP contribution in [0.1, 0.15) is 10.7 Å². The molecule has 4 heterocycles. The first-order valence-electron chi connectivity index (χ1n) is 8.00. The Morgan fingerprint density at radius 3 is 2.64 bits per heavy atom. The van der Waals surface area contributed by atoms with Gasteiger partial charge in [0.05, 0.1) is 0 Å². The van der Waals surface area contributed by atoms with Gasteiger partial charge in [-0.25, -0.2) is 4.98 Å². The van der Waals surface area contributed by atoms with Crippen LogP contribution in [0.5, 0.6) is 0 Å². The highest BCUT2D eigenvalue weighted by Gasteiger charge is 2.26. The van der Waals surface area contributed by atoms with Crippen molar-refractivity contribution < 1.29 is 9.32 Å². The number of aromatic nitrogens is 4. The van der Waals surface area contributed by atoms with Crippen molar-refractivity contribution in [1.82, 2.24) is 25.0 Å². The standard InChI is InChI=1S/C17H16N6O2/c24-17(16-20-15(21-25-16)13-4-3-6-18-12-13)23-10-8-22(9-11-23)14-5-1-2-7-19-14/h1-7,12H,8-11H2. The molecular weight excluding hydrogens is 320 g/mol. The zero-order valence-electron chi connectivity index (χ0n) is 13.4. The first-order chi connectivity index (χ1) is 12.3. The van der Waals surface area contributed by atoms with Crippen LogP contribution >= 0.6 is 0 Å². The first kappa shape index (κ1) is 15.3. The predicted molar refractivity (Wildman–Crippen MR) is 89.9 cm³/mol. The second-order valence-corrected chi connectivity index (χ2v) is 5.63. The Bertz CT molecular complexity index is 844. The van der Waals surface area contributed by atoms with Gasteiger partial charge in [0.2, 0.25) is 5.82 Å². The van der Waals surface area contributed by atoms with Crippen molar-refractivity contribution in [3.05, 3.63) is 54.8 Å². The number of hydrogen-bond donors (Lipinski definition) is 0. The molecule has 1 aliphatic heterocycles. The molecule has 0 saturated carbocycles. The SMILES string of the molecule is O=C(c1nc(-c2cccnc2)no1)N1CCN(c2ccccn2)CC1. The summed E-state index contributed by atoms with van der Waals surface area (Å²) in [5, 5.41) is 3.87. The Hall–Kier alpha value is -3.29. The summed E-state index contributed by atoms with van der Waals surface area (Å²) in [5.74, 6) is 1.04. The van der Waals surface area contributed by atoms with Gasteiger partial charge in [-0.2, -0.15) is 4.98 Å². The van der Waals surface area contributed by atoms with Gasteiger partial charge in [0.25, 0.3) is 0 Å². The minimum atomic E-state index is -0.247. The van der Waals surface area contributed by atoms with Crippen LogP contribution < -0.4 is 4.90 Å². The molecule has 4 rings (SSSR count). The van der Waals surface area contributed by atoms with Gasteiger partial charge in [-0.15, -0.1) is 0 Å². The Kier molecular flexibility index (Phi) is 4.07. The van der Waals surface area contributed by atoms with Crippen molar-refractivity contribution in [2.75, 3.05) is 31.1 Å². The molecule has 0 N–H and O–H groups in total. The lowest BCUT2D eigenvalue weighted by atomic mass is 10.3. The molecule has 1 aliphatic rings. The van der Waals surface area contributed by atoms with Crippen LogP contribution in [-0.2, 0) is 0 Å². The average molecular weight is 336 g/mol. The quantitative estimate of drug-likeness (QED) is 0.716. The summed E-state index contributed by atoms with van der Waals surface area (Å²) in [5.41, 5.74) is 0.713. The fourth-order valence-corrected chi connectivity index (χ4v) is 2.74.